The van der Waals surface area contributed by atoms with Crippen molar-refractivity contribution in [3.63, 3.8) is 0 Å². The molecule has 0 saturated carbocycles. The van der Waals surface area contributed by atoms with Crippen molar-refractivity contribution < 1.29 is 14.1 Å². The third-order valence-electron chi connectivity index (χ3n) is 6.49. The van der Waals surface area contributed by atoms with Crippen molar-refractivity contribution in [3.8, 4) is 0 Å². The Kier molecular flexibility index (Phi) is 4.41. The second kappa shape index (κ2) is 6.36. The Morgan fingerprint density at radius 3 is 2.38 bits per heavy atom. The third kappa shape index (κ3) is 3.19. The Hall–Kier alpha value is -1.37. The van der Waals surface area contributed by atoms with Gasteiger partial charge in [-0.3, -0.25) is 9.69 Å². The van der Waals surface area contributed by atoms with E-state index in [-0.39, 0.29) is 18.3 Å². The zero-order chi connectivity index (χ0) is 18.5. The van der Waals surface area contributed by atoms with E-state index >= 15 is 0 Å². The molecule has 0 spiro atoms. The van der Waals surface area contributed by atoms with Gasteiger partial charge in [0.2, 0.25) is 5.91 Å². The highest BCUT2D eigenvalue weighted by Gasteiger charge is 2.51. The molecule has 3 saturated heterocycles. The summed E-state index contributed by atoms with van der Waals surface area (Å²) in [7, 11) is -0.304. The summed E-state index contributed by atoms with van der Waals surface area (Å²) in [5, 5.41) is 0. The van der Waals surface area contributed by atoms with Crippen LogP contribution in [0.2, 0.25) is 0 Å². The molecule has 0 aromatic heterocycles. The molecule has 5 nitrogen and oxygen atoms in total. The number of nitrogens with zero attached hydrogens (tertiary/aromatic N) is 2. The van der Waals surface area contributed by atoms with Crippen molar-refractivity contribution in [2.45, 2.75) is 64.3 Å². The summed E-state index contributed by atoms with van der Waals surface area (Å²) in [6, 6.07) is 9.00. The molecule has 4 rings (SSSR count). The lowest BCUT2D eigenvalue weighted by Gasteiger charge is -2.37. The SMILES string of the molecule is CC1(C)OB(c2ccc(CN3CCN4C(=O)CCC4C3)cc2)OC1(C)C. The Balaban J connectivity index is 1.38. The molecule has 6 heteroatoms. The van der Waals surface area contributed by atoms with Gasteiger partial charge in [0.05, 0.1) is 11.2 Å². The molecule has 3 aliphatic rings. The van der Waals surface area contributed by atoms with Gasteiger partial charge in [0.25, 0.3) is 0 Å². The molecule has 1 atom stereocenters. The number of amides is 1. The summed E-state index contributed by atoms with van der Waals surface area (Å²) in [6.45, 7) is 12.1. The van der Waals surface area contributed by atoms with E-state index in [1.807, 2.05) is 0 Å². The summed E-state index contributed by atoms with van der Waals surface area (Å²) < 4.78 is 12.3. The van der Waals surface area contributed by atoms with Gasteiger partial charge in [-0.2, -0.15) is 0 Å². The Labute approximate surface area is 156 Å². The lowest BCUT2D eigenvalue weighted by atomic mass is 9.79. The lowest BCUT2D eigenvalue weighted by molar-refractivity contribution is -0.130. The molecule has 1 unspecified atom stereocenters. The Bertz CT molecular complexity index is 673. The molecule has 0 bridgehead atoms. The number of hydrogen-bond acceptors (Lipinski definition) is 4. The van der Waals surface area contributed by atoms with E-state index in [0.29, 0.717) is 11.9 Å². The first-order valence-corrected chi connectivity index (χ1v) is 9.71. The summed E-state index contributed by atoms with van der Waals surface area (Å²) in [5.74, 6) is 0.335. The maximum absolute atomic E-state index is 11.8. The summed E-state index contributed by atoms with van der Waals surface area (Å²) >= 11 is 0. The van der Waals surface area contributed by atoms with Crippen LogP contribution in [0.4, 0.5) is 0 Å². The van der Waals surface area contributed by atoms with Gasteiger partial charge in [-0.05, 0) is 45.1 Å². The minimum atomic E-state index is -0.311. The van der Waals surface area contributed by atoms with Crippen LogP contribution in [0.25, 0.3) is 0 Å². The predicted octanol–water partition coefficient (Wildman–Crippen LogP) is 1.79. The number of benzene rings is 1. The number of rotatable bonds is 3. The van der Waals surface area contributed by atoms with E-state index < -0.39 is 0 Å². The molecule has 0 radical (unpaired) electrons. The van der Waals surface area contributed by atoms with E-state index in [0.717, 1.165) is 44.5 Å². The van der Waals surface area contributed by atoms with Crippen LogP contribution >= 0.6 is 0 Å². The number of carbonyl (C=O) groups is 1. The summed E-state index contributed by atoms with van der Waals surface area (Å²) in [6.07, 6.45) is 1.73. The maximum atomic E-state index is 11.8. The topological polar surface area (TPSA) is 42.0 Å². The van der Waals surface area contributed by atoms with Crippen LogP contribution in [0, 0.1) is 0 Å². The lowest BCUT2D eigenvalue weighted by Crippen LogP contribution is -2.50. The van der Waals surface area contributed by atoms with Crippen LogP contribution in [0.5, 0.6) is 0 Å². The van der Waals surface area contributed by atoms with Crippen LogP contribution < -0.4 is 5.46 Å². The van der Waals surface area contributed by atoms with Gasteiger partial charge in [0, 0.05) is 38.6 Å². The molecular weight excluding hydrogens is 327 g/mol. The van der Waals surface area contributed by atoms with E-state index in [1.165, 1.54) is 5.56 Å². The molecule has 1 amide bonds. The quantitative estimate of drug-likeness (QED) is 0.775. The number of fused-ring (bicyclic) bond motifs is 1. The molecule has 0 aliphatic carbocycles. The highest BCUT2D eigenvalue weighted by atomic mass is 16.7. The van der Waals surface area contributed by atoms with Crippen molar-refractivity contribution >= 4 is 18.5 Å². The minimum Gasteiger partial charge on any atom is -0.399 e. The smallest absolute Gasteiger partial charge is 0.399 e. The number of carbonyl (C=O) groups excluding carboxylic acids is 1. The average Bonchev–Trinajstić information content (AvgIpc) is 3.05. The fourth-order valence-corrected chi connectivity index (χ4v) is 4.09. The second-order valence-corrected chi connectivity index (χ2v) is 8.84. The van der Waals surface area contributed by atoms with Gasteiger partial charge in [0.1, 0.15) is 0 Å². The fraction of sp³-hybridized carbons (Fsp3) is 0.650. The highest BCUT2D eigenvalue weighted by molar-refractivity contribution is 6.62. The van der Waals surface area contributed by atoms with Gasteiger partial charge in [-0.25, -0.2) is 0 Å². The Morgan fingerprint density at radius 1 is 1.08 bits per heavy atom. The van der Waals surface area contributed by atoms with Gasteiger partial charge in [-0.1, -0.05) is 24.3 Å². The van der Waals surface area contributed by atoms with Crippen molar-refractivity contribution in [1.29, 1.82) is 0 Å². The molecule has 26 heavy (non-hydrogen) atoms. The zero-order valence-electron chi connectivity index (χ0n) is 16.3. The van der Waals surface area contributed by atoms with E-state index in [1.54, 1.807) is 0 Å². The van der Waals surface area contributed by atoms with Gasteiger partial charge >= 0.3 is 7.12 Å². The summed E-state index contributed by atoms with van der Waals surface area (Å²) in [5.41, 5.74) is 1.74. The normalized spacial score (nSPS) is 27.8. The van der Waals surface area contributed by atoms with Crippen LogP contribution in [0.15, 0.2) is 24.3 Å². The van der Waals surface area contributed by atoms with Gasteiger partial charge < -0.3 is 14.2 Å². The van der Waals surface area contributed by atoms with Crippen molar-refractivity contribution in [3.05, 3.63) is 29.8 Å². The summed E-state index contributed by atoms with van der Waals surface area (Å²) in [4.78, 5) is 16.3. The number of piperazine rings is 1. The van der Waals surface area contributed by atoms with Crippen molar-refractivity contribution in [1.82, 2.24) is 9.80 Å². The van der Waals surface area contributed by atoms with Crippen LogP contribution in [-0.2, 0) is 20.6 Å². The van der Waals surface area contributed by atoms with Crippen molar-refractivity contribution in [2.75, 3.05) is 19.6 Å². The molecule has 3 heterocycles. The van der Waals surface area contributed by atoms with Crippen LogP contribution in [-0.4, -0.2) is 59.7 Å². The average molecular weight is 356 g/mol. The zero-order valence-corrected chi connectivity index (χ0v) is 16.3. The largest absolute Gasteiger partial charge is 0.494 e. The third-order valence-corrected chi connectivity index (χ3v) is 6.49. The minimum absolute atomic E-state index is 0.304. The first kappa shape index (κ1) is 18.0. The van der Waals surface area contributed by atoms with Crippen LogP contribution in [0.3, 0.4) is 0 Å². The highest BCUT2D eigenvalue weighted by Crippen LogP contribution is 2.36. The number of hydrogen-bond donors (Lipinski definition) is 0. The molecule has 3 aliphatic heterocycles. The predicted molar refractivity (Wildman–Crippen MR) is 102 cm³/mol. The van der Waals surface area contributed by atoms with Gasteiger partial charge in [-0.15, -0.1) is 0 Å². The van der Waals surface area contributed by atoms with E-state index in [9.17, 15) is 4.79 Å². The van der Waals surface area contributed by atoms with Gasteiger partial charge in [0.15, 0.2) is 0 Å². The van der Waals surface area contributed by atoms with Crippen LogP contribution in [0.1, 0.15) is 46.1 Å². The molecular formula is C20H29BN2O3. The second-order valence-electron chi connectivity index (χ2n) is 8.84. The first-order valence-electron chi connectivity index (χ1n) is 9.71. The molecule has 1 aromatic carbocycles. The molecule has 140 valence electrons. The first-order chi connectivity index (χ1) is 12.2. The maximum Gasteiger partial charge on any atom is 0.494 e. The standard InChI is InChI=1S/C20H29BN2O3/c1-19(2)20(3,4)26-21(25-19)16-7-5-15(6-8-16)13-22-11-12-23-17(14-22)9-10-18(23)24/h5-8,17H,9-14H2,1-4H3. The Morgan fingerprint density at radius 2 is 1.73 bits per heavy atom. The van der Waals surface area contributed by atoms with E-state index in [2.05, 4.69) is 61.8 Å². The van der Waals surface area contributed by atoms with E-state index in [4.69, 9.17) is 9.31 Å². The monoisotopic (exact) mass is 356 g/mol. The molecule has 3 fully saturated rings. The fourth-order valence-electron chi connectivity index (χ4n) is 4.09. The van der Waals surface area contributed by atoms with Crippen molar-refractivity contribution in [2.24, 2.45) is 0 Å². The molecule has 1 aromatic rings. The molecule has 0 N–H and O–H groups in total.